The van der Waals surface area contributed by atoms with Gasteiger partial charge in [-0.1, -0.05) is 20.3 Å². The van der Waals surface area contributed by atoms with Crippen LogP contribution in [-0.2, 0) is 6.54 Å². The van der Waals surface area contributed by atoms with Gasteiger partial charge >= 0.3 is 5.56 Å². The second kappa shape index (κ2) is 6.19. The van der Waals surface area contributed by atoms with E-state index in [1.807, 2.05) is 0 Å². The molecule has 1 heterocycles. The molecule has 2 N–H and O–H groups in total. The Bertz CT molecular complexity index is 470. The van der Waals surface area contributed by atoms with Crippen LogP contribution in [0.3, 0.4) is 0 Å². The monoisotopic (exact) mass is 265 g/mol. The topological polar surface area (TPSA) is 70.1 Å². The first kappa shape index (κ1) is 14.1. The lowest BCUT2D eigenvalue weighted by Gasteiger charge is -2.28. The van der Waals surface area contributed by atoms with Gasteiger partial charge in [0.1, 0.15) is 6.10 Å². The summed E-state index contributed by atoms with van der Waals surface area (Å²) in [7, 11) is 0. The van der Waals surface area contributed by atoms with E-state index < -0.39 is 0 Å². The molecule has 1 saturated carbocycles. The maximum Gasteiger partial charge on any atom is 0.313 e. The number of aromatic nitrogens is 2. The normalized spacial score (nSPS) is 23.6. The molecule has 0 spiro atoms. The molecule has 1 aliphatic rings. The quantitative estimate of drug-likeness (QED) is 0.896. The van der Waals surface area contributed by atoms with E-state index in [1.165, 1.54) is 0 Å². The van der Waals surface area contributed by atoms with Gasteiger partial charge in [-0.3, -0.25) is 4.79 Å². The summed E-state index contributed by atoms with van der Waals surface area (Å²) in [6.07, 6.45) is 7.35. The van der Waals surface area contributed by atoms with Gasteiger partial charge in [-0.2, -0.15) is 0 Å². The van der Waals surface area contributed by atoms with Crippen molar-refractivity contribution in [2.75, 3.05) is 0 Å². The molecule has 0 bridgehead atoms. The molecule has 1 fully saturated rings. The molecule has 1 aliphatic carbocycles. The average Bonchev–Trinajstić information content (AvgIpc) is 2.36. The molecule has 19 heavy (non-hydrogen) atoms. The summed E-state index contributed by atoms with van der Waals surface area (Å²) in [6, 6.07) is 0.00806. The third-order valence-electron chi connectivity index (χ3n) is 3.46. The molecule has 0 aliphatic heterocycles. The maximum absolute atomic E-state index is 12.2. The SMILES string of the molecule is CC(C)Cn1ccnc(OC2CCCCC2N)c1=O. The predicted molar refractivity (Wildman–Crippen MR) is 74.2 cm³/mol. The van der Waals surface area contributed by atoms with Crippen LogP contribution in [0.2, 0.25) is 0 Å². The molecule has 1 aromatic rings. The fourth-order valence-electron chi connectivity index (χ4n) is 2.46. The Labute approximate surface area is 113 Å². The van der Waals surface area contributed by atoms with Gasteiger partial charge in [0.25, 0.3) is 5.88 Å². The van der Waals surface area contributed by atoms with Crippen molar-refractivity contribution >= 4 is 0 Å². The number of hydrogen-bond donors (Lipinski definition) is 1. The largest absolute Gasteiger partial charge is 0.469 e. The van der Waals surface area contributed by atoms with Gasteiger partial charge in [0.05, 0.1) is 0 Å². The van der Waals surface area contributed by atoms with Crippen molar-refractivity contribution in [1.82, 2.24) is 9.55 Å². The van der Waals surface area contributed by atoms with E-state index in [9.17, 15) is 4.79 Å². The highest BCUT2D eigenvalue weighted by Gasteiger charge is 2.25. The molecule has 2 atom stereocenters. The molecule has 5 heteroatoms. The Morgan fingerprint density at radius 1 is 1.47 bits per heavy atom. The standard InChI is InChI=1S/C14H23N3O2/c1-10(2)9-17-8-7-16-13(14(17)18)19-12-6-4-3-5-11(12)15/h7-8,10-12H,3-6,9,15H2,1-2H3. The Morgan fingerprint density at radius 2 is 2.21 bits per heavy atom. The predicted octanol–water partition coefficient (Wildman–Crippen LogP) is 1.55. The fraction of sp³-hybridized carbons (Fsp3) is 0.714. The van der Waals surface area contributed by atoms with Gasteiger partial charge < -0.3 is 15.0 Å². The van der Waals surface area contributed by atoms with E-state index in [0.717, 1.165) is 25.7 Å². The van der Waals surface area contributed by atoms with Gasteiger partial charge in [-0.25, -0.2) is 4.98 Å². The van der Waals surface area contributed by atoms with Crippen molar-refractivity contribution in [3.05, 3.63) is 22.7 Å². The summed E-state index contributed by atoms with van der Waals surface area (Å²) in [5.41, 5.74) is 5.88. The molecular weight excluding hydrogens is 242 g/mol. The van der Waals surface area contributed by atoms with Crippen molar-refractivity contribution in [2.45, 2.75) is 58.2 Å². The molecule has 1 aromatic heterocycles. The lowest BCUT2D eigenvalue weighted by molar-refractivity contribution is 0.123. The fourth-order valence-corrected chi connectivity index (χ4v) is 2.46. The van der Waals surface area contributed by atoms with Gasteiger partial charge in [-0.05, 0) is 25.2 Å². The summed E-state index contributed by atoms with van der Waals surface area (Å²) < 4.78 is 7.41. The third kappa shape index (κ3) is 3.56. The highest BCUT2D eigenvalue weighted by atomic mass is 16.5. The Balaban J connectivity index is 2.14. The zero-order valence-electron chi connectivity index (χ0n) is 11.7. The number of nitrogens with two attached hydrogens (primary N) is 1. The van der Waals surface area contributed by atoms with Crippen molar-refractivity contribution in [3.8, 4) is 5.88 Å². The van der Waals surface area contributed by atoms with E-state index in [1.54, 1.807) is 17.0 Å². The van der Waals surface area contributed by atoms with Gasteiger partial charge in [0.2, 0.25) is 0 Å². The van der Waals surface area contributed by atoms with E-state index >= 15 is 0 Å². The van der Waals surface area contributed by atoms with E-state index in [-0.39, 0.29) is 23.6 Å². The van der Waals surface area contributed by atoms with Crippen LogP contribution in [0.15, 0.2) is 17.2 Å². The molecule has 106 valence electrons. The molecule has 0 radical (unpaired) electrons. The minimum Gasteiger partial charge on any atom is -0.469 e. The minimum atomic E-state index is -0.158. The second-order valence-corrected chi connectivity index (χ2v) is 5.69. The highest BCUT2D eigenvalue weighted by molar-refractivity contribution is 5.06. The maximum atomic E-state index is 12.2. The summed E-state index contributed by atoms with van der Waals surface area (Å²) in [5, 5.41) is 0. The van der Waals surface area contributed by atoms with E-state index in [2.05, 4.69) is 18.8 Å². The third-order valence-corrected chi connectivity index (χ3v) is 3.46. The molecule has 0 aromatic carbocycles. The Kier molecular flexibility index (Phi) is 4.58. The van der Waals surface area contributed by atoms with Crippen LogP contribution >= 0.6 is 0 Å². The summed E-state index contributed by atoms with van der Waals surface area (Å²) in [5.74, 6) is 0.593. The Hall–Kier alpha value is -1.36. The number of hydrogen-bond acceptors (Lipinski definition) is 4. The minimum absolute atomic E-state index is 0.00806. The van der Waals surface area contributed by atoms with Crippen LogP contribution in [-0.4, -0.2) is 21.7 Å². The first-order valence-electron chi connectivity index (χ1n) is 7.05. The lowest BCUT2D eigenvalue weighted by Crippen LogP contribution is -2.42. The first-order chi connectivity index (χ1) is 9.08. The van der Waals surface area contributed by atoms with Crippen molar-refractivity contribution < 1.29 is 4.74 Å². The van der Waals surface area contributed by atoms with Gasteiger partial charge in [0, 0.05) is 25.0 Å². The number of ether oxygens (including phenoxy) is 1. The van der Waals surface area contributed by atoms with E-state index in [0.29, 0.717) is 12.5 Å². The van der Waals surface area contributed by atoms with Gasteiger partial charge in [-0.15, -0.1) is 0 Å². The van der Waals surface area contributed by atoms with Gasteiger partial charge in [0.15, 0.2) is 0 Å². The Morgan fingerprint density at radius 3 is 2.89 bits per heavy atom. The van der Waals surface area contributed by atoms with E-state index in [4.69, 9.17) is 10.5 Å². The zero-order chi connectivity index (χ0) is 13.8. The smallest absolute Gasteiger partial charge is 0.313 e. The molecular formula is C14H23N3O2. The van der Waals surface area contributed by atoms with Crippen molar-refractivity contribution in [1.29, 1.82) is 0 Å². The van der Waals surface area contributed by atoms with Crippen LogP contribution in [0, 0.1) is 5.92 Å². The van der Waals surface area contributed by atoms with Crippen molar-refractivity contribution in [3.63, 3.8) is 0 Å². The van der Waals surface area contributed by atoms with Crippen LogP contribution < -0.4 is 16.0 Å². The summed E-state index contributed by atoms with van der Waals surface area (Å²) >= 11 is 0. The molecule has 0 saturated heterocycles. The molecule has 0 amide bonds. The lowest BCUT2D eigenvalue weighted by atomic mass is 9.93. The van der Waals surface area contributed by atoms with Crippen LogP contribution in [0.25, 0.3) is 0 Å². The molecule has 2 unspecified atom stereocenters. The first-order valence-corrected chi connectivity index (χ1v) is 7.05. The molecule has 5 nitrogen and oxygen atoms in total. The average molecular weight is 265 g/mol. The second-order valence-electron chi connectivity index (χ2n) is 5.69. The van der Waals surface area contributed by atoms with Crippen LogP contribution in [0.4, 0.5) is 0 Å². The summed E-state index contributed by atoms with van der Waals surface area (Å²) in [6.45, 7) is 4.82. The van der Waals surface area contributed by atoms with Crippen LogP contribution in [0.1, 0.15) is 39.5 Å². The summed E-state index contributed by atoms with van der Waals surface area (Å²) in [4.78, 5) is 16.3. The molecule has 2 rings (SSSR count). The van der Waals surface area contributed by atoms with Crippen LogP contribution in [0.5, 0.6) is 5.88 Å². The number of nitrogens with zero attached hydrogens (tertiary/aromatic N) is 2. The zero-order valence-corrected chi connectivity index (χ0v) is 11.7. The number of rotatable bonds is 4. The highest BCUT2D eigenvalue weighted by Crippen LogP contribution is 2.20. The van der Waals surface area contributed by atoms with Crippen molar-refractivity contribution in [2.24, 2.45) is 11.7 Å².